The molecule has 0 aromatic carbocycles. The van der Waals surface area contributed by atoms with E-state index in [1.54, 1.807) is 34.8 Å². The van der Waals surface area contributed by atoms with Gasteiger partial charge in [0.15, 0.2) is 5.76 Å². The van der Waals surface area contributed by atoms with Crippen LogP contribution in [0, 0.1) is 0 Å². The molecule has 134 valence electrons. The summed E-state index contributed by atoms with van der Waals surface area (Å²) < 4.78 is 5.06. The zero-order valence-electron chi connectivity index (χ0n) is 14.0. The molecule has 1 aliphatic rings. The van der Waals surface area contributed by atoms with Crippen LogP contribution in [0.15, 0.2) is 51.8 Å². The molecule has 0 fully saturated rings. The van der Waals surface area contributed by atoms with E-state index in [1.807, 2.05) is 16.3 Å². The fraction of sp³-hybridized carbons (Fsp3) is 0.263. The lowest BCUT2D eigenvalue weighted by Gasteiger charge is -2.35. The second-order valence-corrected chi connectivity index (χ2v) is 8.02. The Bertz CT molecular complexity index is 884. The Morgan fingerprint density at radius 3 is 2.88 bits per heavy atom. The van der Waals surface area contributed by atoms with E-state index in [0.717, 1.165) is 6.42 Å². The number of hydrogen-bond donors (Lipinski definition) is 1. The zero-order valence-corrected chi connectivity index (χ0v) is 15.6. The quantitative estimate of drug-likeness (QED) is 0.727. The first kappa shape index (κ1) is 17.1. The van der Waals surface area contributed by atoms with E-state index in [1.165, 1.54) is 21.6 Å². The largest absolute Gasteiger partial charge is 0.459 e. The highest BCUT2D eigenvalue weighted by molar-refractivity contribution is 7.10. The van der Waals surface area contributed by atoms with E-state index in [2.05, 4.69) is 22.8 Å². The minimum absolute atomic E-state index is 0.0155. The van der Waals surface area contributed by atoms with Crippen LogP contribution in [0.1, 0.15) is 38.3 Å². The van der Waals surface area contributed by atoms with Gasteiger partial charge in [-0.25, -0.2) is 0 Å². The highest BCUT2D eigenvalue weighted by Crippen LogP contribution is 2.39. The molecule has 0 bridgehead atoms. The van der Waals surface area contributed by atoms with Crippen molar-refractivity contribution in [2.24, 2.45) is 0 Å². The summed E-state index contributed by atoms with van der Waals surface area (Å²) in [4.78, 5) is 29.3. The Balaban J connectivity index is 1.44. The number of thiophene rings is 2. The van der Waals surface area contributed by atoms with Crippen molar-refractivity contribution < 1.29 is 14.0 Å². The molecule has 0 spiro atoms. The summed E-state index contributed by atoms with van der Waals surface area (Å²) in [5.41, 5.74) is 1.23. The summed E-state index contributed by atoms with van der Waals surface area (Å²) in [6.45, 7) is 1.00. The number of nitrogens with zero attached hydrogens (tertiary/aromatic N) is 1. The molecule has 1 atom stereocenters. The predicted octanol–water partition coefficient (Wildman–Crippen LogP) is 3.70. The zero-order chi connectivity index (χ0) is 17.9. The summed E-state index contributed by atoms with van der Waals surface area (Å²) in [5, 5.41) is 6.89. The van der Waals surface area contributed by atoms with Gasteiger partial charge in [0, 0.05) is 29.3 Å². The molecule has 3 aromatic rings. The molecule has 1 aliphatic heterocycles. The molecule has 1 N–H and O–H groups in total. The van der Waals surface area contributed by atoms with Crippen molar-refractivity contribution in [2.75, 3.05) is 13.1 Å². The van der Waals surface area contributed by atoms with E-state index in [0.29, 0.717) is 13.1 Å². The third-order valence-corrected chi connectivity index (χ3v) is 6.39. The molecule has 3 aromatic heterocycles. The van der Waals surface area contributed by atoms with E-state index in [-0.39, 0.29) is 30.0 Å². The van der Waals surface area contributed by atoms with Gasteiger partial charge in [-0.05, 0) is 47.0 Å². The highest BCUT2D eigenvalue weighted by atomic mass is 32.1. The number of carbonyl (C=O) groups excluding carboxylic acids is 2. The Morgan fingerprint density at radius 2 is 2.12 bits per heavy atom. The minimum Gasteiger partial charge on any atom is -0.459 e. The van der Waals surface area contributed by atoms with Crippen molar-refractivity contribution in [1.29, 1.82) is 0 Å². The normalized spacial score (nSPS) is 16.3. The fourth-order valence-corrected chi connectivity index (χ4v) is 5.02. The van der Waals surface area contributed by atoms with Gasteiger partial charge < -0.3 is 14.6 Å². The van der Waals surface area contributed by atoms with Crippen molar-refractivity contribution in [1.82, 2.24) is 10.2 Å². The number of fused-ring (bicyclic) bond motifs is 1. The monoisotopic (exact) mass is 386 g/mol. The number of rotatable bonds is 5. The first-order valence-corrected chi connectivity index (χ1v) is 10.2. The first-order valence-electron chi connectivity index (χ1n) is 8.45. The third-order valence-electron chi connectivity index (χ3n) is 4.47. The molecule has 4 heterocycles. The van der Waals surface area contributed by atoms with Gasteiger partial charge in [0.2, 0.25) is 5.91 Å². The lowest BCUT2D eigenvalue weighted by molar-refractivity contribution is -0.133. The van der Waals surface area contributed by atoms with Gasteiger partial charge in [-0.2, -0.15) is 0 Å². The maximum absolute atomic E-state index is 12.9. The lowest BCUT2D eigenvalue weighted by atomic mass is 9.98. The van der Waals surface area contributed by atoms with Crippen molar-refractivity contribution in [3.8, 4) is 0 Å². The molecule has 0 saturated heterocycles. The number of nitrogens with one attached hydrogen (secondary N) is 1. The second kappa shape index (κ2) is 7.47. The lowest BCUT2D eigenvalue weighted by Crippen LogP contribution is -2.41. The molecule has 0 saturated carbocycles. The molecule has 0 aliphatic carbocycles. The van der Waals surface area contributed by atoms with Crippen LogP contribution in [-0.2, 0) is 11.2 Å². The van der Waals surface area contributed by atoms with Crippen LogP contribution >= 0.6 is 22.7 Å². The minimum atomic E-state index is -0.295. The summed E-state index contributed by atoms with van der Waals surface area (Å²) in [6, 6.07) is 9.49. The molecule has 26 heavy (non-hydrogen) atoms. The molecule has 4 rings (SSSR count). The number of carbonyl (C=O) groups is 2. The Hall–Kier alpha value is -2.38. The van der Waals surface area contributed by atoms with Crippen molar-refractivity contribution >= 4 is 34.5 Å². The fourth-order valence-electron chi connectivity index (χ4n) is 3.26. The standard InChI is InChI=1S/C19H18N2O3S2/c22-17(5-8-20-19(23)14-3-1-10-24-14)21-9-6-15-13(7-12-26-15)18(21)16-4-2-11-25-16/h1-4,7,10-12,18H,5-6,8-9H2,(H,20,23)/t18-/m0/s1. The molecule has 5 nitrogen and oxygen atoms in total. The smallest absolute Gasteiger partial charge is 0.286 e. The van der Waals surface area contributed by atoms with Gasteiger partial charge >= 0.3 is 0 Å². The second-order valence-electron chi connectivity index (χ2n) is 6.04. The van der Waals surface area contributed by atoms with Crippen LogP contribution in [-0.4, -0.2) is 29.8 Å². The average Bonchev–Trinajstić information content (AvgIpc) is 3.42. The van der Waals surface area contributed by atoms with Crippen LogP contribution in [0.4, 0.5) is 0 Å². The molecular formula is C19H18N2O3S2. The summed E-state index contributed by atoms with van der Waals surface area (Å²) in [6.07, 6.45) is 2.62. The average molecular weight is 386 g/mol. The molecule has 2 amide bonds. The van der Waals surface area contributed by atoms with Crippen LogP contribution in [0.3, 0.4) is 0 Å². The van der Waals surface area contributed by atoms with E-state index >= 15 is 0 Å². The van der Waals surface area contributed by atoms with Crippen molar-refractivity contribution in [3.05, 3.63) is 68.4 Å². The highest BCUT2D eigenvalue weighted by Gasteiger charge is 2.33. The SMILES string of the molecule is O=C(NCCC(=O)N1CCc2sccc2[C@H]1c1cccs1)c1ccco1. The first-order chi connectivity index (χ1) is 12.7. The van der Waals surface area contributed by atoms with Gasteiger partial charge in [0.05, 0.1) is 12.3 Å². The van der Waals surface area contributed by atoms with E-state index in [4.69, 9.17) is 4.42 Å². The topological polar surface area (TPSA) is 62.6 Å². The Labute approximate surface area is 159 Å². The number of hydrogen-bond acceptors (Lipinski definition) is 5. The predicted molar refractivity (Wildman–Crippen MR) is 102 cm³/mol. The number of furan rings is 1. The van der Waals surface area contributed by atoms with E-state index < -0.39 is 0 Å². The van der Waals surface area contributed by atoms with Gasteiger partial charge in [-0.3, -0.25) is 9.59 Å². The van der Waals surface area contributed by atoms with Gasteiger partial charge in [-0.1, -0.05) is 6.07 Å². The van der Waals surface area contributed by atoms with Gasteiger partial charge in [0.1, 0.15) is 0 Å². The summed E-state index contributed by atoms with van der Waals surface area (Å²) in [7, 11) is 0. The molecular weight excluding hydrogens is 368 g/mol. The molecule has 0 radical (unpaired) electrons. The summed E-state index contributed by atoms with van der Waals surface area (Å²) >= 11 is 3.43. The van der Waals surface area contributed by atoms with Crippen molar-refractivity contribution in [2.45, 2.75) is 18.9 Å². The maximum Gasteiger partial charge on any atom is 0.286 e. The van der Waals surface area contributed by atoms with Crippen LogP contribution in [0.2, 0.25) is 0 Å². The Kier molecular flexibility index (Phi) is 4.90. The molecule has 0 unspecified atom stereocenters. The molecule has 7 heteroatoms. The van der Waals surface area contributed by atoms with Crippen LogP contribution < -0.4 is 5.32 Å². The van der Waals surface area contributed by atoms with Crippen molar-refractivity contribution in [3.63, 3.8) is 0 Å². The van der Waals surface area contributed by atoms with Crippen LogP contribution in [0.5, 0.6) is 0 Å². The van der Waals surface area contributed by atoms with Gasteiger partial charge in [0.25, 0.3) is 5.91 Å². The summed E-state index contributed by atoms with van der Waals surface area (Å²) in [5.74, 6) is 0.0196. The van der Waals surface area contributed by atoms with Gasteiger partial charge in [-0.15, -0.1) is 22.7 Å². The Morgan fingerprint density at radius 1 is 1.19 bits per heavy atom. The maximum atomic E-state index is 12.9. The van der Waals surface area contributed by atoms with E-state index in [9.17, 15) is 9.59 Å². The number of amides is 2. The third kappa shape index (κ3) is 3.32. The van der Waals surface area contributed by atoms with Crippen LogP contribution in [0.25, 0.3) is 0 Å².